The molecule has 43 heavy (non-hydrogen) atoms. The second-order valence-corrected chi connectivity index (χ2v) is 12.5. The van der Waals surface area contributed by atoms with E-state index in [1.165, 1.54) is 59.1 Å². The molecular formula is C40H30N2S. The van der Waals surface area contributed by atoms with Crippen LogP contribution < -0.4 is 0 Å². The highest BCUT2D eigenvalue weighted by atomic mass is 32.1. The second-order valence-electron chi connectivity index (χ2n) is 11.4. The van der Waals surface area contributed by atoms with Gasteiger partial charge in [-0.2, -0.15) is 0 Å². The van der Waals surface area contributed by atoms with Crippen molar-refractivity contribution in [1.82, 2.24) is 9.55 Å². The van der Waals surface area contributed by atoms with Gasteiger partial charge in [0.25, 0.3) is 0 Å². The molecule has 0 saturated carbocycles. The lowest BCUT2D eigenvalue weighted by molar-refractivity contribution is 1.10. The maximum Gasteiger partial charge on any atom is 0.146 e. The van der Waals surface area contributed by atoms with Crippen molar-refractivity contribution in [2.75, 3.05) is 0 Å². The Labute approximate surface area is 255 Å². The highest BCUT2D eigenvalue weighted by molar-refractivity contribution is 7.26. The molecule has 0 aliphatic rings. The third-order valence-corrected chi connectivity index (χ3v) is 9.72. The highest BCUT2D eigenvalue weighted by Crippen LogP contribution is 2.44. The van der Waals surface area contributed by atoms with E-state index < -0.39 is 0 Å². The average Bonchev–Trinajstić information content (AvgIpc) is 3.60. The Kier molecular flexibility index (Phi) is 6.02. The van der Waals surface area contributed by atoms with E-state index in [2.05, 4.69) is 153 Å². The number of para-hydroxylation sites is 3. The standard InChI is InChI=1S/C40H30N2S/c1-25-22-26(2)38(27(3)23-25)34-24-28(30-15-11-16-32-31-14-7-10-19-37(31)43-39(30)32)20-21-33(34)40-41-35-17-8-9-18-36(35)42(40)29-12-5-4-6-13-29/h4-24H,1-3H3. The van der Waals surface area contributed by atoms with Gasteiger partial charge in [0, 0.05) is 31.4 Å². The van der Waals surface area contributed by atoms with Gasteiger partial charge in [0.15, 0.2) is 0 Å². The summed E-state index contributed by atoms with van der Waals surface area (Å²) in [6.45, 7) is 6.65. The zero-order chi connectivity index (χ0) is 29.1. The smallest absolute Gasteiger partial charge is 0.146 e. The number of fused-ring (bicyclic) bond motifs is 4. The third kappa shape index (κ3) is 4.19. The maximum atomic E-state index is 5.27. The summed E-state index contributed by atoms with van der Waals surface area (Å²) in [5, 5.41) is 2.64. The van der Waals surface area contributed by atoms with Crippen molar-refractivity contribution in [1.29, 1.82) is 0 Å². The molecule has 2 aromatic heterocycles. The van der Waals surface area contributed by atoms with Crippen molar-refractivity contribution in [2.45, 2.75) is 20.8 Å². The van der Waals surface area contributed by atoms with Crippen LogP contribution in [0.25, 0.3) is 70.5 Å². The summed E-state index contributed by atoms with van der Waals surface area (Å²) in [4.78, 5) is 5.27. The van der Waals surface area contributed by atoms with Gasteiger partial charge in [-0.05, 0) is 96.6 Å². The first-order valence-electron chi connectivity index (χ1n) is 14.7. The predicted octanol–water partition coefficient (Wildman–Crippen LogP) is 11.3. The van der Waals surface area contributed by atoms with Crippen molar-refractivity contribution in [3.8, 4) is 39.3 Å². The highest BCUT2D eigenvalue weighted by Gasteiger charge is 2.21. The Balaban J connectivity index is 1.44. The van der Waals surface area contributed by atoms with Gasteiger partial charge < -0.3 is 0 Å². The van der Waals surface area contributed by atoms with Gasteiger partial charge >= 0.3 is 0 Å². The molecule has 0 bridgehead atoms. The molecule has 0 aliphatic heterocycles. The summed E-state index contributed by atoms with van der Waals surface area (Å²) < 4.78 is 4.96. The normalized spacial score (nSPS) is 11.6. The number of imidazole rings is 1. The molecule has 2 nitrogen and oxygen atoms in total. The van der Waals surface area contributed by atoms with E-state index in [0.29, 0.717) is 0 Å². The predicted molar refractivity (Wildman–Crippen MR) is 184 cm³/mol. The first kappa shape index (κ1) is 25.7. The summed E-state index contributed by atoms with van der Waals surface area (Å²) in [5.74, 6) is 0.952. The van der Waals surface area contributed by atoms with Crippen LogP contribution in [0.15, 0.2) is 127 Å². The SMILES string of the molecule is Cc1cc(C)c(-c2cc(-c3cccc4c3sc3ccccc34)ccc2-c2nc3ccccc3n2-c2ccccc2)c(C)c1. The van der Waals surface area contributed by atoms with Gasteiger partial charge in [0.05, 0.1) is 11.0 Å². The van der Waals surface area contributed by atoms with E-state index in [1.54, 1.807) is 0 Å². The van der Waals surface area contributed by atoms with Gasteiger partial charge in [-0.15, -0.1) is 11.3 Å². The van der Waals surface area contributed by atoms with Crippen molar-refractivity contribution in [2.24, 2.45) is 0 Å². The average molecular weight is 571 g/mol. The fourth-order valence-electron chi connectivity index (χ4n) is 6.74. The maximum absolute atomic E-state index is 5.27. The third-order valence-electron chi connectivity index (χ3n) is 8.50. The van der Waals surface area contributed by atoms with Crippen molar-refractivity contribution < 1.29 is 0 Å². The lowest BCUT2D eigenvalue weighted by Gasteiger charge is -2.18. The van der Waals surface area contributed by atoms with Crippen LogP contribution in [-0.2, 0) is 0 Å². The number of rotatable bonds is 4. The van der Waals surface area contributed by atoms with E-state index >= 15 is 0 Å². The monoisotopic (exact) mass is 570 g/mol. The number of aryl methyl sites for hydroxylation is 3. The molecule has 0 spiro atoms. The van der Waals surface area contributed by atoms with E-state index in [-0.39, 0.29) is 0 Å². The Hall–Kier alpha value is -4.99. The van der Waals surface area contributed by atoms with Crippen molar-refractivity contribution in [3.05, 3.63) is 144 Å². The zero-order valence-electron chi connectivity index (χ0n) is 24.4. The fraction of sp³-hybridized carbons (Fsp3) is 0.0750. The largest absolute Gasteiger partial charge is 0.292 e. The summed E-state index contributed by atoms with van der Waals surface area (Å²) in [5.41, 5.74) is 13.1. The summed E-state index contributed by atoms with van der Waals surface area (Å²) >= 11 is 1.88. The molecule has 0 atom stereocenters. The number of benzene rings is 6. The Morgan fingerprint density at radius 1 is 0.581 bits per heavy atom. The molecule has 0 saturated heterocycles. The number of hydrogen-bond acceptors (Lipinski definition) is 2. The van der Waals surface area contributed by atoms with Crippen LogP contribution in [0.3, 0.4) is 0 Å². The summed E-state index contributed by atoms with van der Waals surface area (Å²) in [6, 6.07) is 46.0. The molecule has 206 valence electrons. The van der Waals surface area contributed by atoms with E-state index in [0.717, 1.165) is 28.1 Å². The van der Waals surface area contributed by atoms with E-state index in [9.17, 15) is 0 Å². The van der Waals surface area contributed by atoms with Crippen molar-refractivity contribution >= 4 is 42.5 Å². The van der Waals surface area contributed by atoms with Crippen LogP contribution >= 0.6 is 11.3 Å². The van der Waals surface area contributed by atoms with Crippen LogP contribution in [-0.4, -0.2) is 9.55 Å². The minimum atomic E-state index is 0.952. The Bertz CT molecular complexity index is 2300. The molecule has 2 heterocycles. The Morgan fingerprint density at radius 2 is 1.30 bits per heavy atom. The van der Waals surface area contributed by atoms with Gasteiger partial charge in [-0.1, -0.05) is 90.5 Å². The molecule has 0 fully saturated rings. The quantitative estimate of drug-likeness (QED) is 0.206. The molecule has 8 aromatic rings. The van der Waals surface area contributed by atoms with Crippen LogP contribution in [0.1, 0.15) is 16.7 Å². The zero-order valence-corrected chi connectivity index (χ0v) is 25.2. The van der Waals surface area contributed by atoms with E-state index in [4.69, 9.17) is 4.98 Å². The van der Waals surface area contributed by atoms with Gasteiger partial charge in [-0.25, -0.2) is 4.98 Å². The number of thiophene rings is 1. The van der Waals surface area contributed by atoms with Gasteiger partial charge in [0.1, 0.15) is 5.82 Å². The van der Waals surface area contributed by atoms with Crippen LogP contribution in [0, 0.1) is 20.8 Å². The van der Waals surface area contributed by atoms with Gasteiger partial charge in [-0.3, -0.25) is 4.57 Å². The first-order valence-corrected chi connectivity index (χ1v) is 15.5. The minimum absolute atomic E-state index is 0.952. The fourth-order valence-corrected chi connectivity index (χ4v) is 7.98. The van der Waals surface area contributed by atoms with Crippen LogP contribution in [0.2, 0.25) is 0 Å². The summed E-state index contributed by atoms with van der Waals surface area (Å²) in [6.07, 6.45) is 0. The number of nitrogens with zero attached hydrogens (tertiary/aromatic N) is 2. The summed E-state index contributed by atoms with van der Waals surface area (Å²) in [7, 11) is 0. The molecule has 0 N–H and O–H groups in total. The molecule has 0 amide bonds. The van der Waals surface area contributed by atoms with Gasteiger partial charge in [0.2, 0.25) is 0 Å². The lowest BCUT2D eigenvalue weighted by atomic mass is 9.88. The molecule has 0 radical (unpaired) electrons. The molecule has 0 unspecified atom stereocenters. The topological polar surface area (TPSA) is 17.8 Å². The second kappa shape index (κ2) is 10.1. The van der Waals surface area contributed by atoms with Crippen LogP contribution in [0.5, 0.6) is 0 Å². The molecule has 6 aromatic carbocycles. The molecule has 3 heteroatoms. The number of aromatic nitrogens is 2. The van der Waals surface area contributed by atoms with E-state index in [1.807, 2.05) is 11.3 Å². The number of hydrogen-bond donors (Lipinski definition) is 0. The minimum Gasteiger partial charge on any atom is -0.292 e. The molecule has 0 aliphatic carbocycles. The molecule has 8 rings (SSSR count). The lowest BCUT2D eigenvalue weighted by Crippen LogP contribution is -2.00. The first-order chi connectivity index (χ1) is 21.1. The Morgan fingerprint density at radius 3 is 2.14 bits per heavy atom. The van der Waals surface area contributed by atoms with Crippen LogP contribution in [0.4, 0.5) is 0 Å². The van der Waals surface area contributed by atoms with Crippen molar-refractivity contribution in [3.63, 3.8) is 0 Å². The molecular weight excluding hydrogens is 541 g/mol.